The molecule has 0 aromatic heterocycles. The van der Waals surface area contributed by atoms with Crippen molar-refractivity contribution in [3.05, 3.63) is 34.1 Å². The van der Waals surface area contributed by atoms with Gasteiger partial charge in [-0.25, -0.2) is 0 Å². The lowest BCUT2D eigenvalue weighted by Crippen LogP contribution is -2.24. The fourth-order valence-electron chi connectivity index (χ4n) is 1.96. The van der Waals surface area contributed by atoms with Crippen LogP contribution < -0.4 is 4.74 Å². The van der Waals surface area contributed by atoms with Crippen LogP contribution in [-0.4, -0.2) is 31.0 Å². The number of para-hydroxylation sites is 1. The third-order valence-corrected chi connectivity index (χ3v) is 2.91. The summed E-state index contributed by atoms with van der Waals surface area (Å²) in [5.74, 6) is -1.01. The summed E-state index contributed by atoms with van der Waals surface area (Å²) < 4.78 is 29.3. The Kier molecular flexibility index (Phi) is 5.25. The van der Waals surface area contributed by atoms with Crippen molar-refractivity contribution in [3.63, 3.8) is 0 Å². The van der Waals surface area contributed by atoms with Crippen LogP contribution in [-0.2, 0) is 9.47 Å². The Bertz CT molecular complexity index is 462. The predicted octanol–water partition coefficient (Wildman–Crippen LogP) is 2.66. The third kappa shape index (κ3) is 3.88. The summed E-state index contributed by atoms with van der Waals surface area (Å²) in [6.45, 7) is 1.02. The summed E-state index contributed by atoms with van der Waals surface area (Å²) in [5.41, 5.74) is -0.651. The highest BCUT2D eigenvalue weighted by Gasteiger charge is 2.21. The first-order valence-corrected chi connectivity index (χ1v) is 6.47. The zero-order valence-electron chi connectivity index (χ0n) is 10.9. The van der Waals surface area contributed by atoms with Crippen LogP contribution in [0.3, 0.4) is 0 Å². The molecule has 0 saturated carbocycles. The number of hydrogen-bond acceptors (Lipinski definition) is 5. The van der Waals surface area contributed by atoms with Crippen LogP contribution in [0.15, 0.2) is 18.2 Å². The molecule has 2 rings (SSSR count). The van der Waals surface area contributed by atoms with Gasteiger partial charge in [0.25, 0.3) is 0 Å². The third-order valence-electron chi connectivity index (χ3n) is 2.91. The van der Waals surface area contributed by atoms with Gasteiger partial charge in [-0.2, -0.15) is 4.39 Å². The molecule has 20 heavy (non-hydrogen) atoms. The fourth-order valence-corrected chi connectivity index (χ4v) is 1.96. The van der Waals surface area contributed by atoms with E-state index in [4.69, 9.17) is 14.2 Å². The molecule has 110 valence electrons. The molecular weight excluding hydrogens is 269 g/mol. The highest BCUT2D eigenvalue weighted by Crippen LogP contribution is 2.29. The van der Waals surface area contributed by atoms with Crippen LogP contribution in [0.2, 0.25) is 0 Å². The van der Waals surface area contributed by atoms with Gasteiger partial charge in [0.15, 0.2) is 12.0 Å². The standard InChI is InChI=1S/C13H16FNO5/c14-10-4-3-5-11(13(10)15(16)17)18-8-9-20-12-6-1-2-7-19-12/h3-5,12H,1-2,6-9H2. The highest BCUT2D eigenvalue weighted by atomic mass is 19.1. The molecule has 1 aliphatic heterocycles. The van der Waals surface area contributed by atoms with E-state index in [2.05, 4.69) is 0 Å². The largest absolute Gasteiger partial charge is 0.484 e. The molecule has 1 aromatic carbocycles. The molecule has 1 aliphatic rings. The van der Waals surface area contributed by atoms with Crippen LogP contribution in [0, 0.1) is 15.9 Å². The molecule has 1 fully saturated rings. The SMILES string of the molecule is O=[N+]([O-])c1c(F)cccc1OCCOC1CCCCO1. The van der Waals surface area contributed by atoms with Crippen LogP contribution >= 0.6 is 0 Å². The van der Waals surface area contributed by atoms with Crippen LogP contribution in [0.25, 0.3) is 0 Å². The van der Waals surface area contributed by atoms with E-state index in [9.17, 15) is 14.5 Å². The molecule has 0 spiro atoms. The van der Waals surface area contributed by atoms with Gasteiger partial charge in [0.1, 0.15) is 6.61 Å². The Hall–Kier alpha value is -1.73. The first-order valence-electron chi connectivity index (χ1n) is 6.47. The van der Waals surface area contributed by atoms with E-state index in [1.54, 1.807) is 0 Å². The molecule has 0 radical (unpaired) electrons. The van der Waals surface area contributed by atoms with E-state index in [0.717, 1.165) is 25.3 Å². The number of nitro groups is 1. The summed E-state index contributed by atoms with van der Waals surface area (Å²) in [6.07, 6.45) is 2.68. The average molecular weight is 285 g/mol. The minimum atomic E-state index is -0.913. The number of ether oxygens (including phenoxy) is 3. The minimum absolute atomic E-state index is 0.0943. The zero-order chi connectivity index (χ0) is 14.4. The molecule has 1 heterocycles. The van der Waals surface area contributed by atoms with Crippen molar-refractivity contribution in [2.45, 2.75) is 25.6 Å². The van der Waals surface area contributed by atoms with Crippen molar-refractivity contribution < 1.29 is 23.5 Å². The Balaban J connectivity index is 1.82. The number of halogens is 1. The molecule has 1 atom stereocenters. The number of nitro benzene ring substituents is 1. The Morgan fingerprint density at radius 1 is 1.40 bits per heavy atom. The molecular formula is C13H16FNO5. The summed E-state index contributed by atoms with van der Waals surface area (Å²) in [5, 5.41) is 10.8. The molecule has 0 bridgehead atoms. The van der Waals surface area contributed by atoms with E-state index >= 15 is 0 Å². The number of nitrogens with zero attached hydrogens (tertiary/aromatic N) is 1. The Morgan fingerprint density at radius 3 is 2.95 bits per heavy atom. The number of rotatable bonds is 6. The van der Waals surface area contributed by atoms with Gasteiger partial charge in [-0.15, -0.1) is 0 Å². The Labute approximate surface area is 115 Å². The van der Waals surface area contributed by atoms with Crippen molar-refractivity contribution in [1.82, 2.24) is 0 Å². The lowest BCUT2D eigenvalue weighted by molar-refractivity contribution is -0.388. The van der Waals surface area contributed by atoms with Gasteiger partial charge >= 0.3 is 5.69 Å². The summed E-state index contributed by atoms with van der Waals surface area (Å²) in [4.78, 5) is 9.96. The second kappa shape index (κ2) is 7.16. The van der Waals surface area contributed by atoms with Gasteiger partial charge in [0.2, 0.25) is 5.82 Å². The van der Waals surface area contributed by atoms with Gasteiger partial charge < -0.3 is 14.2 Å². The smallest absolute Gasteiger partial charge is 0.346 e. The van der Waals surface area contributed by atoms with Gasteiger partial charge in [-0.3, -0.25) is 10.1 Å². The topological polar surface area (TPSA) is 70.8 Å². The zero-order valence-corrected chi connectivity index (χ0v) is 10.9. The van der Waals surface area contributed by atoms with Gasteiger partial charge in [0.05, 0.1) is 11.5 Å². The van der Waals surface area contributed by atoms with Crippen molar-refractivity contribution >= 4 is 5.69 Å². The first-order chi connectivity index (χ1) is 9.68. The van der Waals surface area contributed by atoms with Crippen molar-refractivity contribution in [2.24, 2.45) is 0 Å². The van der Waals surface area contributed by atoms with E-state index < -0.39 is 16.4 Å². The monoisotopic (exact) mass is 285 g/mol. The van der Waals surface area contributed by atoms with E-state index in [1.807, 2.05) is 0 Å². The maximum absolute atomic E-state index is 13.3. The highest BCUT2D eigenvalue weighted by molar-refractivity contribution is 5.47. The molecule has 1 saturated heterocycles. The lowest BCUT2D eigenvalue weighted by atomic mass is 10.2. The summed E-state index contributed by atoms with van der Waals surface area (Å²) in [6, 6.07) is 3.75. The molecule has 7 heteroatoms. The normalized spacial score (nSPS) is 18.8. The summed E-state index contributed by atoms with van der Waals surface area (Å²) >= 11 is 0. The van der Waals surface area contributed by atoms with Gasteiger partial charge in [0, 0.05) is 6.61 Å². The quantitative estimate of drug-likeness (QED) is 0.456. The molecule has 1 unspecified atom stereocenters. The van der Waals surface area contributed by atoms with E-state index in [-0.39, 0.29) is 25.3 Å². The van der Waals surface area contributed by atoms with E-state index in [1.165, 1.54) is 12.1 Å². The van der Waals surface area contributed by atoms with Crippen LogP contribution in [0.1, 0.15) is 19.3 Å². The maximum Gasteiger partial charge on any atom is 0.346 e. The molecule has 0 N–H and O–H groups in total. The predicted molar refractivity (Wildman–Crippen MR) is 68.1 cm³/mol. The maximum atomic E-state index is 13.3. The van der Waals surface area contributed by atoms with Crippen molar-refractivity contribution in [3.8, 4) is 5.75 Å². The minimum Gasteiger partial charge on any atom is -0.484 e. The second-order valence-corrected chi connectivity index (χ2v) is 4.36. The van der Waals surface area contributed by atoms with Gasteiger partial charge in [-0.05, 0) is 31.4 Å². The summed E-state index contributed by atoms with van der Waals surface area (Å²) in [7, 11) is 0. The van der Waals surface area contributed by atoms with E-state index in [0.29, 0.717) is 6.61 Å². The van der Waals surface area contributed by atoms with Crippen molar-refractivity contribution in [1.29, 1.82) is 0 Å². The average Bonchev–Trinajstić information content (AvgIpc) is 2.44. The molecule has 6 nitrogen and oxygen atoms in total. The van der Waals surface area contributed by atoms with Crippen molar-refractivity contribution in [2.75, 3.05) is 19.8 Å². The second-order valence-electron chi connectivity index (χ2n) is 4.36. The van der Waals surface area contributed by atoms with Crippen LogP contribution in [0.4, 0.5) is 10.1 Å². The molecule has 1 aromatic rings. The number of hydrogen-bond donors (Lipinski definition) is 0. The van der Waals surface area contributed by atoms with Gasteiger partial charge in [-0.1, -0.05) is 6.07 Å². The van der Waals surface area contributed by atoms with Crippen LogP contribution in [0.5, 0.6) is 5.75 Å². The number of benzene rings is 1. The molecule has 0 amide bonds. The fraction of sp³-hybridized carbons (Fsp3) is 0.538. The Morgan fingerprint density at radius 2 is 2.25 bits per heavy atom. The molecule has 0 aliphatic carbocycles. The first kappa shape index (κ1) is 14.7. The lowest BCUT2D eigenvalue weighted by Gasteiger charge is -2.22.